The maximum absolute atomic E-state index is 12.8. The van der Waals surface area contributed by atoms with Gasteiger partial charge in [-0.25, -0.2) is 0 Å². The molecule has 0 amide bonds. The van der Waals surface area contributed by atoms with Crippen LogP contribution in [-0.4, -0.2) is 50.3 Å². The molecule has 11 heteroatoms. The summed E-state index contributed by atoms with van der Waals surface area (Å²) in [6.07, 6.45) is -0.222. The van der Waals surface area contributed by atoms with Crippen LogP contribution in [0.15, 0.2) is 30.3 Å². The molecule has 1 atom stereocenters. The van der Waals surface area contributed by atoms with E-state index in [9.17, 15) is 19.7 Å². The van der Waals surface area contributed by atoms with Gasteiger partial charge in [-0.05, 0) is 45.9 Å². The summed E-state index contributed by atoms with van der Waals surface area (Å²) in [4.78, 5) is 35.7. The number of para-hydroxylation sites is 2. The van der Waals surface area contributed by atoms with Crippen LogP contribution in [0.4, 0.5) is 5.69 Å². The molecule has 1 aliphatic rings. The van der Waals surface area contributed by atoms with E-state index in [1.165, 1.54) is 18.5 Å². The highest BCUT2D eigenvalue weighted by Crippen LogP contribution is 2.31. The Hall–Kier alpha value is -4.15. The van der Waals surface area contributed by atoms with Crippen LogP contribution < -0.4 is 9.47 Å². The molecule has 0 bridgehead atoms. The van der Waals surface area contributed by atoms with E-state index in [2.05, 4.69) is 5.10 Å². The van der Waals surface area contributed by atoms with Gasteiger partial charge in [0, 0.05) is 17.0 Å². The van der Waals surface area contributed by atoms with Gasteiger partial charge in [-0.15, -0.1) is 0 Å². The minimum absolute atomic E-state index is 0.142. The number of aryl methyl sites for hydroxylation is 2. The van der Waals surface area contributed by atoms with E-state index >= 15 is 0 Å². The number of rotatable bonds is 8. The number of nitro groups is 1. The Kier molecular flexibility index (Phi) is 6.59. The SMILES string of the molecule is Cc1nn(CC(=O)OCC(=O)c2cc(C)n(CC3COc4ccccc4O3)c2C)c(C)c1[N+](=O)[O-]. The Bertz CT molecular complexity index is 1310. The number of carbonyl (C=O) groups is 2. The topological polar surface area (TPSA) is 128 Å². The second-order valence-corrected chi connectivity index (χ2v) is 8.41. The number of carbonyl (C=O) groups excluding carboxylic acids is 2. The van der Waals surface area contributed by atoms with Crippen LogP contribution in [-0.2, 0) is 22.6 Å². The largest absolute Gasteiger partial charge is 0.486 e. The summed E-state index contributed by atoms with van der Waals surface area (Å²) in [7, 11) is 0. The lowest BCUT2D eigenvalue weighted by molar-refractivity contribution is -0.386. The summed E-state index contributed by atoms with van der Waals surface area (Å²) in [6.45, 7) is 6.84. The van der Waals surface area contributed by atoms with E-state index in [0.29, 0.717) is 30.2 Å². The van der Waals surface area contributed by atoms with Crippen molar-refractivity contribution < 1.29 is 28.7 Å². The molecule has 3 aromatic rings. The first-order chi connectivity index (χ1) is 16.7. The van der Waals surface area contributed by atoms with Crippen molar-refractivity contribution in [3.05, 3.63) is 68.8 Å². The second kappa shape index (κ2) is 9.61. The van der Waals surface area contributed by atoms with Crippen LogP contribution in [0.2, 0.25) is 0 Å². The van der Waals surface area contributed by atoms with Crippen LogP contribution in [0, 0.1) is 37.8 Å². The molecule has 0 fully saturated rings. The molecule has 2 aromatic heterocycles. The van der Waals surface area contributed by atoms with Crippen LogP contribution in [0.5, 0.6) is 11.5 Å². The monoisotopic (exact) mass is 482 g/mol. The standard InChI is InChI=1S/C24H26N4O7/c1-14-9-19(16(3)26(14)10-18-12-33-21-7-5-6-8-22(21)35-18)20(29)13-34-23(30)11-27-17(4)24(28(31)32)15(2)25-27/h5-9,18H,10-13H2,1-4H3. The normalized spacial score (nSPS) is 14.6. The predicted octanol–water partition coefficient (Wildman–Crippen LogP) is 3.09. The van der Waals surface area contributed by atoms with Crippen molar-refractivity contribution >= 4 is 17.4 Å². The van der Waals surface area contributed by atoms with Gasteiger partial charge in [0.05, 0.1) is 11.5 Å². The molecule has 0 spiro atoms. The molecule has 4 rings (SSSR count). The molecule has 1 aromatic carbocycles. The fraction of sp³-hybridized carbons (Fsp3) is 0.375. The minimum Gasteiger partial charge on any atom is -0.486 e. The Morgan fingerprint density at radius 1 is 1.17 bits per heavy atom. The maximum Gasteiger partial charge on any atom is 0.328 e. The first-order valence-electron chi connectivity index (χ1n) is 11.1. The van der Waals surface area contributed by atoms with Gasteiger partial charge in [0.25, 0.3) is 0 Å². The molecule has 0 saturated carbocycles. The molecular formula is C24H26N4O7. The molecule has 35 heavy (non-hydrogen) atoms. The number of ketones is 1. The third-order valence-corrected chi connectivity index (χ3v) is 6.00. The number of Topliss-reactive ketones (excluding diaryl/α,β-unsaturated/α-hetero) is 1. The summed E-state index contributed by atoms with van der Waals surface area (Å²) in [5.74, 6) is 0.335. The van der Waals surface area contributed by atoms with Gasteiger partial charge in [0.2, 0.25) is 5.78 Å². The highest BCUT2D eigenvalue weighted by molar-refractivity contribution is 5.99. The zero-order chi connectivity index (χ0) is 25.3. The zero-order valence-electron chi connectivity index (χ0n) is 19.9. The van der Waals surface area contributed by atoms with Crippen molar-refractivity contribution in [3.8, 4) is 11.5 Å². The van der Waals surface area contributed by atoms with Crippen LogP contribution in [0.3, 0.4) is 0 Å². The number of esters is 1. The molecule has 0 radical (unpaired) electrons. The molecule has 1 unspecified atom stereocenters. The van der Waals surface area contributed by atoms with Crippen LogP contribution in [0.1, 0.15) is 33.1 Å². The molecule has 11 nitrogen and oxygen atoms in total. The summed E-state index contributed by atoms with van der Waals surface area (Å²) >= 11 is 0. The quantitative estimate of drug-likeness (QED) is 0.207. The van der Waals surface area contributed by atoms with Crippen LogP contribution >= 0.6 is 0 Å². The summed E-state index contributed by atoms with van der Waals surface area (Å²) < 4.78 is 20.1. The first kappa shape index (κ1) is 24.0. The first-order valence-corrected chi connectivity index (χ1v) is 11.1. The highest BCUT2D eigenvalue weighted by atomic mass is 16.6. The Morgan fingerprint density at radius 2 is 1.89 bits per heavy atom. The number of nitrogens with zero attached hydrogens (tertiary/aromatic N) is 4. The van der Waals surface area contributed by atoms with Crippen molar-refractivity contribution in [1.82, 2.24) is 14.3 Å². The average Bonchev–Trinajstić information content (AvgIpc) is 3.26. The highest BCUT2D eigenvalue weighted by Gasteiger charge is 2.25. The lowest BCUT2D eigenvalue weighted by atomic mass is 10.1. The molecule has 0 aliphatic carbocycles. The Balaban J connectivity index is 1.37. The van der Waals surface area contributed by atoms with Gasteiger partial charge >= 0.3 is 11.7 Å². The maximum atomic E-state index is 12.8. The summed E-state index contributed by atoms with van der Waals surface area (Å²) in [6, 6.07) is 9.23. The van der Waals surface area contributed by atoms with E-state index in [-0.39, 0.29) is 35.5 Å². The number of aromatic nitrogens is 3. The third kappa shape index (κ3) is 4.88. The number of hydrogen-bond acceptors (Lipinski definition) is 8. The third-order valence-electron chi connectivity index (χ3n) is 6.00. The van der Waals surface area contributed by atoms with Gasteiger partial charge in [-0.3, -0.25) is 24.4 Å². The summed E-state index contributed by atoms with van der Waals surface area (Å²) in [5, 5.41) is 15.1. The van der Waals surface area contributed by atoms with Crippen molar-refractivity contribution in [3.63, 3.8) is 0 Å². The van der Waals surface area contributed by atoms with E-state index in [4.69, 9.17) is 14.2 Å². The Morgan fingerprint density at radius 3 is 2.57 bits per heavy atom. The number of ether oxygens (including phenoxy) is 3. The lowest BCUT2D eigenvalue weighted by Gasteiger charge is -2.27. The smallest absolute Gasteiger partial charge is 0.328 e. The molecular weight excluding hydrogens is 456 g/mol. The fourth-order valence-corrected chi connectivity index (χ4v) is 4.22. The van der Waals surface area contributed by atoms with E-state index in [1.54, 1.807) is 6.07 Å². The average molecular weight is 482 g/mol. The molecule has 0 saturated heterocycles. The number of fused-ring (bicyclic) bond motifs is 1. The molecule has 184 valence electrons. The van der Waals surface area contributed by atoms with Crippen LogP contribution in [0.25, 0.3) is 0 Å². The lowest BCUT2D eigenvalue weighted by Crippen LogP contribution is -2.33. The summed E-state index contributed by atoms with van der Waals surface area (Å²) in [5.41, 5.74) is 2.37. The van der Waals surface area contributed by atoms with Gasteiger partial charge in [-0.2, -0.15) is 5.10 Å². The van der Waals surface area contributed by atoms with Gasteiger partial charge in [0.15, 0.2) is 24.2 Å². The van der Waals surface area contributed by atoms with Crippen molar-refractivity contribution in [2.24, 2.45) is 0 Å². The van der Waals surface area contributed by atoms with Gasteiger partial charge < -0.3 is 18.8 Å². The van der Waals surface area contributed by atoms with Gasteiger partial charge in [-0.1, -0.05) is 12.1 Å². The van der Waals surface area contributed by atoms with Crippen molar-refractivity contribution in [2.45, 2.75) is 46.9 Å². The van der Waals surface area contributed by atoms with E-state index < -0.39 is 17.5 Å². The number of benzene rings is 1. The number of hydrogen-bond donors (Lipinski definition) is 0. The Labute approximate surface area is 201 Å². The van der Waals surface area contributed by atoms with Crippen molar-refractivity contribution in [2.75, 3.05) is 13.2 Å². The van der Waals surface area contributed by atoms with E-state index in [0.717, 1.165) is 11.4 Å². The molecule has 3 heterocycles. The fourth-order valence-electron chi connectivity index (χ4n) is 4.22. The van der Waals surface area contributed by atoms with Gasteiger partial charge in [0.1, 0.15) is 24.5 Å². The zero-order valence-corrected chi connectivity index (χ0v) is 19.9. The predicted molar refractivity (Wildman–Crippen MR) is 124 cm³/mol. The second-order valence-electron chi connectivity index (χ2n) is 8.41. The van der Waals surface area contributed by atoms with E-state index in [1.807, 2.05) is 42.7 Å². The molecule has 1 aliphatic heterocycles. The molecule has 0 N–H and O–H groups in total. The minimum atomic E-state index is -0.709. The van der Waals surface area contributed by atoms with Crippen molar-refractivity contribution in [1.29, 1.82) is 0 Å².